The minimum Gasteiger partial charge on any atom is -0.372 e. The monoisotopic (exact) mass is 355 g/mol. The summed E-state index contributed by atoms with van der Waals surface area (Å²) in [7, 11) is 0. The van der Waals surface area contributed by atoms with E-state index in [1.165, 1.54) is 40.8 Å². The third kappa shape index (κ3) is 2.64. The van der Waals surface area contributed by atoms with Crippen LogP contribution in [0.25, 0.3) is 0 Å². The fourth-order valence-electron chi connectivity index (χ4n) is 4.67. The van der Waals surface area contributed by atoms with Crippen LogP contribution < -0.4 is 10.2 Å². The van der Waals surface area contributed by atoms with Gasteiger partial charge in [-0.1, -0.05) is 17.7 Å². The summed E-state index contributed by atoms with van der Waals surface area (Å²) in [4.78, 5) is 6.64. The number of hydrogen-bond acceptors (Lipinski definition) is 4. The van der Waals surface area contributed by atoms with Crippen LogP contribution in [0.5, 0.6) is 0 Å². The lowest BCUT2D eigenvalue weighted by atomic mass is 9.74. The van der Waals surface area contributed by atoms with Gasteiger partial charge in [0.25, 0.3) is 0 Å². The van der Waals surface area contributed by atoms with E-state index in [9.17, 15) is 0 Å². The molecule has 0 saturated carbocycles. The highest BCUT2D eigenvalue weighted by Gasteiger charge is 2.44. The second kappa shape index (κ2) is 5.97. The minimum absolute atomic E-state index is 0.273. The van der Waals surface area contributed by atoms with Gasteiger partial charge < -0.3 is 15.0 Å². The number of pyridine rings is 1. The van der Waals surface area contributed by atoms with Gasteiger partial charge in [0.15, 0.2) is 0 Å². The van der Waals surface area contributed by atoms with E-state index in [2.05, 4.69) is 33.4 Å². The van der Waals surface area contributed by atoms with Crippen LogP contribution in [0.4, 0.5) is 5.69 Å². The van der Waals surface area contributed by atoms with Gasteiger partial charge in [-0.05, 0) is 66.4 Å². The highest BCUT2D eigenvalue weighted by atomic mass is 35.5. The number of ether oxygens (including phenoxy) is 1. The Morgan fingerprint density at radius 3 is 2.76 bits per heavy atom. The average Bonchev–Trinajstić information content (AvgIpc) is 3.18. The van der Waals surface area contributed by atoms with Crippen molar-refractivity contribution in [3.8, 4) is 0 Å². The van der Waals surface area contributed by atoms with E-state index in [1.54, 1.807) is 6.20 Å². The molecule has 3 aliphatic heterocycles. The van der Waals surface area contributed by atoms with Gasteiger partial charge in [0.05, 0.1) is 13.2 Å². The molecule has 0 aliphatic carbocycles. The molecule has 0 radical (unpaired) electrons. The molecule has 2 aromatic rings. The van der Waals surface area contributed by atoms with Crippen LogP contribution in [-0.4, -0.2) is 24.6 Å². The van der Waals surface area contributed by atoms with Gasteiger partial charge in [0.2, 0.25) is 0 Å². The molecule has 0 unspecified atom stereocenters. The lowest BCUT2D eigenvalue weighted by Crippen LogP contribution is -2.43. The van der Waals surface area contributed by atoms with Crippen molar-refractivity contribution in [3.63, 3.8) is 0 Å². The van der Waals surface area contributed by atoms with Gasteiger partial charge >= 0.3 is 0 Å². The van der Waals surface area contributed by atoms with E-state index in [4.69, 9.17) is 16.3 Å². The zero-order valence-corrected chi connectivity index (χ0v) is 15.0. The van der Waals surface area contributed by atoms with Crippen molar-refractivity contribution in [2.75, 3.05) is 24.5 Å². The highest BCUT2D eigenvalue weighted by Crippen LogP contribution is 2.48. The van der Waals surface area contributed by atoms with Crippen LogP contribution in [0.15, 0.2) is 30.5 Å². The number of piperidine rings is 1. The first-order chi connectivity index (χ1) is 12.2. The molecule has 3 aliphatic rings. The maximum absolute atomic E-state index is 6.09. The van der Waals surface area contributed by atoms with Crippen molar-refractivity contribution in [1.82, 2.24) is 10.3 Å². The molecule has 4 heterocycles. The van der Waals surface area contributed by atoms with E-state index in [1.807, 2.05) is 6.07 Å². The summed E-state index contributed by atoms with van der Waals surface area (Å²) >= 11 is 6.09. The molecule has 1 fully saturated rings. The number of nitrogens with one attached hydrogen (secondary N) is 1. The lowest BCUT2D eigenvalue weighted by molar-refractivity contribution is 0.134. The Balaban J connectivity index is 1.55. The molecule has 0 bridgehead atoms. The number of fused-ring (bicyclic) bond motifs is 3. The summed E-state index contributed by atoms with van der Waals surface area (Å²) < 4.78 is 5.68. The standard InChI is InChI=1S/C20H22ClN3O/c21-19-7-14(1-4-23-19)10-24-13-20(2-5-22-6-3-20)17-8-15-11-25-12-16(15)9-18(17)24/h1,4,7-9,22H,2-3,5-6,10-13H2. The van der Waals surface area contributed by atoms with Crippen LogP contribution in [0.1, 0.15) is 35.1 Å². The van der Waals surface area contributed by atoms with Crippen molar-refractivity contribution in [2.45, 2.75) is 38.0 Å². The molecule has 25 heavy (non-hydrogen) atoms. The van der Waals surface area contributed by atoms with Crippen molar-refractivity contribution in [3.05, 3.63) is 57.9 Å². The van der Waals surface area contributed by atoms with Gasteiger partial charge in [-0.15, -0.1) is 0 Å². The molecule has 5 rings (SSSR count). The highest BCUT2D eigenvalue weighted by molar-refractivity contribution is 6.29. The van der Waals surface area contributed by atoms with Gasteiger partial charge in [-0.2, -0.15) is 0 Å². The molecule has 4 nitrogen and oxygen atoms in total. The Bertz CT molecular complexity index is 817. The predicted molar refractivity (Wildman–Crippen MR) is 99.0 cm³/mol. The molecule has 1 saturated heterocycles. The third-order valence-electron chi connectivity index (χ3n) is 5.96. The molecule has 5 heteroatoms. The molecule has 0 amide bonds. The Kier molecular flexibility index (Phi) is 3.73. The fourth-order valence-corrected chi connectivity index (χ4v) is 4.87. The van der Waals surface area contributed by atoms with Crippen LogP contribution in [0.2, 0.25) is 5.15 Å². The molecule has 1 spiro atoms. The number of rotatable bonds is 2. The van der Waals surface area contributed by atoms with E-state index < -0.39 is 0 Å². The summed E-state index contributed by atoms with van der Waals surface area (Å²) in [5, 5.41) is 4.09. The van der Waals surface area contributed by atoms with Gasteiger partial charge in [0, 0.05) is 30.4 Å². The van der Waals surface area contributed by atoms with E-state index in [-0.39, 0.29) is 5.41 Å². The van der Waals surface area contributed by atoms with Crippen LogP contribution in [0.3, 0.4) is 0 Å². The normalized spacial score (nSPS) is 20.8. The quantitative estimate of drug-likeness (QED) is 0.838. The van der Waals surface area contributed by atoms with E-state index in [0.717, 1.165) is 39.4 Å². The van der Waals surface area contributed by atoms with Crippen molar-refractivity contribution in [1.29, 1.82) is 0 Å². The maximum Gasteiger partial charge on any atom is 0.129 e. The van der Waals surface area contributed by atoms with Crippen molar-refractivity contribution >= 4 is 17.3 Å². The van der Waals surface area contributed by atoms with Crippen LogP contribution in [-0.2, 0) is 29.9 Å². The van der Waals surface area contributed by atoms with Gasteiger partial charge in [-0.25, -0.2) is 4.98 Å². The van der Waals surface area contributed by atoms with Crippen LogP contribution >= 0.6 is 11.6 Å². The lowest BCUT2D eigenvalue weighted by Gasteiger charge is -2.35. The predicted octanol–water partition coefficient (Wildman–Crippen LogP) is 3.41. The van der Waals surface area contributed by atoms with Crippen LogP contribution in [0, 0.1) is 0 Å². The maximum atomic E-state index is 6.09. The summed E-state index contributed by atoms with van der Waals surface area (Å²) in [5.74, 6) is 0. The SMILES string of the molecule is Clc1cc(CN2CC3(CCNCC3)c3cc4c(cc32)COC4)ccn1. The number of halogens is 1. The number of hydrogen-bond donors (Lipinski definition) is 1. The summed E-state index contributed by atoms with van der Waals surface area (Å²) in [5.41, 5.74) is 7.13. The molecular formula is C20H22ClN3O. The minimum atomic E-state index is 0.273. The van der Waals surface area contributed by atoms with E-state index >= 15 is 0 Å². The van der Waals surface area contributed by atoms with Crippen molar-refractivity contribution in [2.24, 2.45) is 0 Å². The zero-order valence-electron chi connectivity index (χ0n) is 14.2. The number of aromatic nitrogens is 1. The first kappa shape index (κ1) is 15.6. The Labute approximate surface area is 153 Å². The second-order valence-electron chi connectivity index (χ2n) is 7.50. The average molecular weight is 356 g/mol. The van der Waals surface area contributed by atoms with Gasteiger partial charge in [-0.3, -0.25) is 0 Å². The van der Waals surface area contributed by atoms with Gasteiger partial charge in [0.1, 0.15) is 5.15 Å². The largest absolute Gasteiger partial charge is 0.372 e. The Morgan fingerprint density at radius 1 is 1.16 bits per heavy atom. The third-order valence-corrected chi connectivity index (χ3v) is 6.17. The number of anilines is 1. The first-order valence-corrected chi connectivity index (χ1v) is 9.41. The van der Waals surface area contributed by atoms with E-state index in [0.29, 0.717) is 5.15 Å². The summed E-state index contributed by atoms with van der Waals surface area (Å²) in [6.07, 6.45) is 4.20. The topological polar surface area (TPSA) is 37.4 Å². The fraction of sp³-hybridized carbons (Fsp3) is 0.450. The summed E-state index contributed by atoms with van der Waals surface area (Å²) in [6.45, 7) is 5.67. The number of nitrogens with zero attached hydrogens (tertiary/aromatic N) is 2. The number of benzene rings is 1. The Hall–Kier alpha value is -1.62. The molecular weight excluding hydrogens is 334 g/mol. The summed E-state index contributed by atoms with van der Waals surface area (Å²) in [6, 6.07) is 8.85. The first-order valence-electron chi connectivity index (χ1n) is 9.04. The molecule has 1 aromatic carbocycles. The Morgan fingerprint density at radius 2 is 1.96 bits per heavy atom. The smallest absolute Gasteiger partial charge is 0.129 e. The second-order valence-corrected chi connectivity index (χ2v) is 7.89. The molecule has 1 N–H and O–H groups in total. The zero-order chi connectivity index (χ0) is 16.9. The molecule has 1 aromatic heterocycles. The molecule has 130 valence electrons. The van der Waals surface area contributed by atoms with Crippen molar-refractivity contribution < 1.29 is 4.74 Å². The molecule has 0 atom stereocenters.